The molecule has 0 aliphatic carbocycles. The molecule has 0 radical (unpaired) electrons. The summed E-state index contributed by atoms with van der Waals surface area (Å²) >= 11 is 6.94. The SMILES string of the molecule is Cc1nc(Cl)nc(SCCS(C)(=O)=O)c1N. The minimum Gasteiger partial charge on any atom is -0.395 e. The van der Waals surface area contributed by atoms with Crippen molar-refractivity contribution in [3.63, 3.8) is 0 Å². The van der Waals surface area contributed by atoms with E-state index in [0.29, 0.717) is 22.2 Å². The summed E-state index contributed by atoms with van der Waals surface area (Å²) in [4.78, 5) is 7.84. The first kappa shape index (κ1) is 13.5. The molecule has 0 saturated carbocycles. The Morgan fingerprint density at radius 3 is 2.62 bits per heavy atom. The highest BCUT2D eigenvalue weighted by Crippen LogP contribution is 2.25. The van der Waals surface area contributed by atoms with E-state index in [9.17, 15) is 8.42 Å². The average Bonchev–Trinajstić information content (AvgIpc) is 2.11. The number of sulfone groups is 1. The number of nitrogens with zero attached hydrogens (tertiary/aromatic N) is 2. The average molecular weight is 282 g/mol. The Kier molecular flexibility index (Phi) is 4.40. The molecule has 0 aliphatic rings. The van der Waals surface area contributed by atoms with Gasteiger partial charge in [-0.15, -0.1) is 11.8 Å². The number of aryl methyl sites for hydroxylation is 1. The predicted octanol–water partition coefficient (Wildman–Crippen LogP) is 1.16. The monoisotopic (exact) mass is 281 g/mol. The molecular weight excluding hydrogens is 270 g/mol. The minimum absolute atomic E-state index is 0.0811. The lowest BCUT2D eigenvalue weighted by atomic mass is 10.4. The Morgan fingerprint density at radius 2 is 2.06 bits per heavy atom. The number of anilines is 1. The maximum absolute atomic E-state index is 10.9. The number of hydrogen-bond donors (Lipinski definition) is 1. The summed E-state index contributed by atoms with van der Waals surface area (Å²) in [7, 11) is -2.97. The van der Waals surface area contributed by atoms with Crippen molar-refractivity contribution in [2.24, 2.45) is 0 Å². The standard InChI is InChI=1S/C8H12ClN3O2S2/c1-5-6(10)7(12-8(9)11-5)15-3-4-16(2,13)14/h3-4,10H2,1-2H3. The van der Waals surface area contributed by atoms with Gasteiger partial charge in [0.1, 0.15) is 14.9 Å². The Hall–Kier alpha value is -0.530. The zero-order valence-corrected chi connectivity index (χ0v) is 11.3. The molecule has 8 heteroatoms. The van der Waals surface area contributed by atoms with Gasteiger partial charge in [0.15, 0.2) is 0 Å². The molecule has 1 aromatic heterocycles. The van der Waals surface area contributed by atoms with Crippen molar-refractivity contribution in [3.8, 4) is 0 Å². The predicted molar refractivity (Wildman–Crippen MR) is 66.6 cm³/mol. The molecule has 0 atom stereocenters. The molecule has 2 N–H and O–H groups in total. The van der Waals surface area contributed by atoms with Crippen molar-refractivity contribution in [1.82, 2.24) is 9.97 Å². The lowest BCUT2D eigenvalue weighted by Crippen LogP contribution is -2.06. The van der Waals surface area contributed by atoms with E-state index >= 15 is 0 Å². The smallest absolute Gasteiger partial charge is 0.223 e. The lowest BCUT2D eigenvalue weighted by Gasteiger charge is -2.06. The number of rotatable bonds is 4. The van der Waals surface area contributed by atoms with Gasteiger partial charge in [0.25, 0.3) is 0 Å². The second-order valence-corrected chi connectivity index (χ2v) is 6.96. The first-order valence-corrected chi connectivity index (χ1v) is 7.82. The number of hydrogen-bond acceptors (Lipinski definition) is 6. The third kappa shape index (κ3) is 4.15. The van der Waals surface area contributed by atoms with Gasteiger partial charge in [-0.1, -0.05) is 0 Å². The molecule has 0 aliphatic heterocycles. The number of nitrogen functional groups attached to an aromatic ring is 1. The van der Waals surface area contributed by atoms with Crippen LogP contribution in [0.3, 0.4) is 0 Å². The molecule has 0 spiro atoms. The van der Waals surface area contributed by atoms with Gasteiger partial charge in [0, 0.05) is 12.0 Å². The Balaban J connectivity index is 2.75. The van der Waals surface area contributed by atoms with Gasteiger partial charge >= 0.3 is 0 Å². The minimum atomic E-state index is -2.97. The molecule has 1 heterocycles. The fraction of sp³-hybridized carbons (Fsp3) is 0.500. The summed E-state index contributed by atoms with van der Waals surface area (Å²) in [5, 5.41) is 0.648. The molecule has 0 saturated heterocycles. The fourth-order valence-corrected chi connectivity index (χ4v) is 3.38. The molecule has 0 fully saturated rings. The van der Waals surface area contributed by atoms with Crippen molar-refractivity contribution in [2.45, 2.75) is 11.9 Å². The molecule has 0 amide bonds. The summed E-state index contributed by atoms with van der Waals surface area (Å²) < 4.78 is 21.9. The normalized spacial score (nSPS) is 11.7. The molecule has 90 valence electrons. The number of halogens is 1. The first-order valence-electron chi connectivity index (χ1n) is 4.40. The van der Waals surface area contributed by atoms with Gasteiger partial charge in [-0.3, -0.25) is 0 Å². The van der Waals surface area contributed by atoms with E-state index in [2.05, 4.69) is 9.97 Å². The summed E-state index contributed by atoms with van der Waals surface area (Å²) in [6.07, 6.45) is 1.19. The molecular formula is C8H12ClN3O2S2. The first-order chi connectivity index (χ1) is 7.29. The van der Waals surface area contributed by atoms with Gasteiger partial charge in [0.05, 0.1) is 17.1 Å². The Bertz CT molecular complexity index is 490. The van der Waals surface area contributed by atoms with Crippen molar-refractivity contribution in [2.75, 3.05) is 23.5 Å². The van der Waals surface area contributed by atoms with Crippen molar-refractivity contribution in [3.05, 3.63) is 11.0 Å². The molecule has 1 aromatic rings. The highest BCUT2D eigenvalue weighted by Gasteiger charge is 2.09. The van der Waals surface area contributed by atoms with E-state index < -0.39 is 9.84 Å². The Labute approximate surface area is 104 Å². The molecule has 5 nitrogen and oxygen atoms in total. The van der Waals surface area contributed by atoms with E-state index in [1.807, 2.05) is 0 Å². The zero-order chi connectivity index (χ0) is 12.3. The van der Waals surface area contributed by atoms with Crippen LogP contribution >= 0.6 is 23.4 Å². The van der Waals surface area contributed by atoms with Crippen LogP contribution in [0.15, 0.2) is 5.03 Å². The van der Waals surface area contributed by atoms with E-state index in [1.165, 1.54) is 18.0 Å². The van der Waals surface area contributed by atoms with Crippen LogP contribution < -0.4 is 5.73 Å². The van der Waals surface area contributed by atoms with E-state index in [4.69, 9.17) is 17.3 Å². The number of nitrogens with two attached hydrogens (primary N) is 1. The third-order valence-corrected chi connectivity index (χ3v) is 4.13. The van der Waals surface area contributed by atoms with Crippen LogP contribution in [0.25, 0.3) is 0 Å². The van der Waals surface area contributed by atoms with Gasteiger partial charge in [0.2, 0.25) is 5.28 Å². The Morgan fingerprint density at radius 1 is 1.44 bits per heavy atom. The van der Waals surface area contributed by atoms with Gasteiger partial charge in [-0.05, 0) is 18.5 Å². The van der Waals surface area contributed by atoms with Crippen LogP contribution in [-0.2, 0) is 9.84 Å². The van der Waals surface area contributed by atoms with Gasteiger partial charge < -0.3 is 5.73 Å². The maximum Gasteiger partial charge on any atom is 0.223 e. The highest BCUT2D eigenvalue weighted by atomic mass is 35.5. The topological polar surface area (TPSA) is 85.9 Å². The van der Waals surface area contributed by atoms with Gasteiger partial charge in [-0.25, -0.2) is 18.4 Å². The zero-order valence-electron chi connectivity index (χ0n) is 8.90. The molecule has 1 rings (SSSR count). The second kappa shape index (κ2) is 5.20. The van der Waals surface area contributed by atoms with E-state index in [0.717, 1.165) is 0 Å². The fourth-order valence-electron chi connectivity index (χ4n) is 0.922. The van der Waals surface area contributed by atoms with E-state index in [1.54, 1.807) is 6.92 Å². The van der Waals surface area contributed by atoms with Gasteiger partial charge in [-0.2, -0.15) is 0 Å². The van der Waals surface area contributed by atoms with E-state index in [-0.39, 0.29) is 11.0 Å². The van der Waals surface area contributed by atoms with Crippen LogP contribution in [0.1, 0.15) is 5.69 Å². The summed E-state index contributed by atoms with van der Waals surface area (Å²) in [6.45, 7) is 1.73. The van der Waals surface area contributed by atoms with Crippen LogP contribution in [0.4, 0.5) is 5.69 Å². The molecule has 0 unspecified atom stereocenters. The highest BCUT2D eigenvalue weighted by molar-refractivity contribution is 8.00. The molecule has 16 heavy (non-hydrogen) atoms. The van der Waals surface area contributed by atoms with Crippen molar-refractivity contribution >= 4 is 38.9 Å². The van der Waals surface area contributed by atoms with Crippen LogP contribution in [0.2, 0.25) is 5.28 Å². The lowest BCUT2D eigenvalue weighted by molar-refractivity contribution is 0.603. The third-order valence-electron chi connectivity index (χ3n) is 1.77. The maximum atomic E-state index is 10.9. The van der Waals surface area contributed by atoms with Crippen molar-refractivity contribution < 1.29 is 8.42 Å². The number of thioether (sulfide) groups is 1. The molecule has 0 aromatic carbocycles. The number of aromatic nitrogens is 2. The van der Waals surface area contributed by atoms with Crippen LogP contribution in [0, 0.1) is 6.92 Å². The molecule has 0 bridgehead atoms. The van der Waals surface area contributed by atoms with Crippen LogP contribution in [-0.4, -0.2) is 36.1 Å². The largest absolute Gasteiger partial charge is 0.395 e. The van der Waals surface area contributed by atoms with Crippen LogP contribution in [0.5, 0.6) is 0 Å². The summed E-state index contributed by atoms with van der Waals surface area (Å²) in [6, 6.07) is 0. The summed E-state index contributed by atoms with van der Waals surface area (Å²) in [5.74, 6) is 0.480. The quantitative estimate of drug-likeness (QED) is 0.506. The summed E-state index contributed by atoms with van der Waals surface area (Å²) in [5.41, 5.74) is 6.79. The second-order valence-electron chi connectivity index (χ2n) is 3.28. The van der Waals surface area contributed by atoms with Crippen molar-refractivity contribution in [1.29, 1.82) is 0 Å².